The summed E-state index contributed by atoms with van der Waals surface area (Å²) in [7, 11) is 0. The number of amides is 2. The molecule has 1 aromatic carbocycles. The van der Waals surface area contributed by atoms with Gasteiger partial charge in [0, 0.05) is 18.8 Å². The summed E-state index contributed by atoms with van der Waals surface area (Å²) in [6, 6.07) is 12.2. The Kier molecular flexibility index (Phi) is 3.04. The fourth-order valence-corrected chi connectivity index (χ4v) is 2.28. The average Bonchev–Trinajstić information content (AvgIpc) is 2.74. The van der Waals surface area contributed by atoms with Crippen LogP contribution in [0.25, 0.3) is 0 Å². The molecule has 1 aromatic heterocycles. The molecule has 5 nitrogen and oxygen atoms in total. The van der Waals surface area contributed by atoms with E-state index in [1.54, 1.807) is 12.1 Å². The zero-order valence-corrected chi connectivity index (χ0v) is 10.7. The number of imide groups is 1. The number of pyridine rings is 1. The van der Waals surface area contributed by atoms with Crippen molar-refractivity contribution in [2.75, 3.05) is 6.54 Å². The van der Waals surface area contributed by atoms with E-state index in [9.17, 15) is 9.59 Å². The summed E-state index contributed by atoms with van der Waals surface area (Å²) in [5.41, 5.74) is 7.51. The van der Waals surface area contributed by atoms with E-state index < -0.39 is 6.04 Å². The number of nitrogens with two attached hydrogens (primary N) is 1. The van der Waals surface area contributed by atoms with Gasteiger partial charge in [0.05, 0.1) is 5.56 Å². The summed E-state index contributed by atoms with van der Waals surface area (Å²) in [6.45, 7) is 0.151. The summed E-state index contributed by atoms with van der Waals surface area (Å²) >= 11 is 0. The number of hydrogen-bond donors (Lipinski definition) is 1. The van der Waals surface area contributed by atoms with E-state index in [1.807, 2.05) is 30.3 Å². The Morgan fingerprint density at radius 3 is 2.50 bits per heavy atom. The molecule has 0 radical (unpaired) electrons. The molecule has 2 N–H and O–H groups in total. The van der Waals surface area contributed by atoms with E-state index in [0.717, 1.165) is 10.5 Å². The van der Waals surface area contributed by atoms with Gasteiger partial charge in [-0.1, -0.05) is 30.3 Å². The number of hydrogen-bond acceptors (Lipinski definition) is 4. The molecule has 1 unspecified atom stereocenters. The number of fused-ring (bicyclic) bond motifs is 1. The number of benzene rings is 1. The fraction of sp³-hybridized carbons (Fsp3) is 0.133. The lowest BCUT2D eigenvalue weighted by Crippen LogP contribution is -2.36. The van der Waals surface area contributed by atoms with Gasteiger partial charge in [0.15, 0.2) is 0 Å². The van der Waals surface area contributed by atoms with Crippen molar-refractivity contribution in [2.24, 2.45) is 5.73 Å². The molecule has 20 heavy (non-hydrogen) atoms. The van der Waals surface area contributed by atoms with Gasteiger partial charge in [0.2, 0.25) is 0 Å². The first kappa shape index (κ1) is 12.5. The lowest BCUT2D eigenvalue weighted by Gasteiger charge is -2.19. The average molecular weight is 267 g/mol. The van der Waals surface area contributed by atoms with Crippen LogP contribution in [0.3, 0.4) is 0 Å². The van der Waals surface area contributed by atoms with E-state index in [-0.39, 0.29) is 24.1 Å². The molecular weight excluding hydrogens is 254 g/mol. The minimum Gasteiger partial charge on any atom is -0.322 e. The minimum atomic E-state index is -0.404. The van der Waals surface area contributed by atoms with E-state index in [1.165, 1.54) is 6.20 Å². The first-order valence-corrected chi connectivity index (χ1v) is 6.30. The molecule has 1 atom stereocenters. The monoisotopic (exact) mass is 267 g/mol. The van der Waals surface area contributed by atoms with Gasteiger partial charge in [-0.2, -0.15) is 0 Å². The molecular formula is C15H13N3O2. The molecule has 2 amide bonds. The van der Waals surface area contributed by atoms with Crippen molar-refractivity contribution >= 4 is 11.8 Å². The second kappa shape index (κ2) is 4.86. The zero-order valence-electron chi connectivity index (χ0n) is 10.7. The number of nitrogens with zero attached hydrogens (tertiary/aromatic N) is 2. The van der Waals surface area contributed by atoms with Gasteiger partial charge >= 0.3 is 0 Å². The predicted octanol–water partition coefficient (Wildman–Crippen LogP) is 1.38. The third-order valence-corrected chi connectivity index (χ3v) is 3.34. The SMILES string of the molecule is NC(CN1C(=O)c2cccnc2C1=O)c1ccccc1. The fourth-order valence-electron chi connectivity index (χ4n) is 2.28. The van der Waals surface area contributed by atoms with Crippen LogP contribution in [0.15, 0.2) is 48.7 Å². The molecule has 1 aliphatic heterocycles. The molecule has 3 rings (SSSR count). The second-order valence-corrected chi connectivity index (χ2v) is 4.64. The predicted molar refractivity (Wildman–Crippen MR) is 73.0 cm³/mol. The standard InChI is InChI=1S/C15H13N3O2/c16-12(10-5-2-1-3-6-10)9-18-14(19)11-7-4-8-17-13(11)15(18)20/h1-8,12H,9,16H2. The third-order valence-electron chi connectivity index (χ3n) is 3.34. The second-order valence-electron chi connectivity index (χ2n) is 4.64. The van der Waals surface area contributed by atoms with Crippen molar-refractivity contribution in [3.63, 3.8) is 0 Å². The van der Waals surface area contributed by atoms with Gasteiger partial charge in [-0.25, -0.2) is 0 Å². The first-order chi connectivity index (χ1) is 9.68. The Hall–Kier alpha value is -2.53. The van der Waals surface area contributed by atoms with E-state index in [4.69, 9.17) is 5.73 Å². The van der Waals surface area contributed by atoms with Crippen molar-refractivity contribution in [3.8, 4) is 0 Å². The Bertz CT molecular complexity index is 635. The Balaban J connectivity index is 1.84. The van der Waals surface area contributed by atoms with E-state index >= 15 is 0 Å². The van der Waals surface area contributed by atoms with Gasteiger partial charge in [0.25, 0.3) is 11.8 Å². The Morgan fingerprint density at radius 2 is 1.80 bits per heavy atom. The zero-order chi connectivity index (χ0) is 14.1. The highest BCUT2D eigenvalue weighted by Gasteiger charge is 2.37. The van der Waals surface area contributed by atoms with Crippen molar-refractivity contribution in [1.29, 1.82) is 0 Å². The largest absolute Gasteiger partial charge is 0.322 e. The van der Waals surface area contributed by atoms with Crippen LogP contribution < -0.4 is 5.73 Å². The van der Waals surface area contributed by atoms with Crippen LogP contribution in [0.4, 0.5) is 0 Å². The van der Waals surface area contributed by atoms with Crippen LogP contribution in [0.5, 0.6) is 0 Å². The van der Waals surface area contributed by atoms with Crippen LogP contribution in [0, 0.1) is 0 Å². The van der Waals surface area contributed by atoms with Crippen molar-refractivity contribution < 1.29 is 9.59 Å². The van der Waals surface area contributed by atoms with Crippen molar-refractivity contribution in [1.82, 2.24) is 9.88 Å². The maximum absolute atomic E-state index is 12.2. The van der Waals surface area contributed by atoms with Crippen LogP contribution in [-0.2, 0) is 0 Å². The topological polar surface area (TPSA) is 76.3 Å². The summed E-state index contributed by atoms with van der Waals surface area (Å²) in [4.78, 5) is 29.5. The van der Waals surface area contributed by atoms with Crippen LogP contribution in [-0.4, -0.2) is 28.2 Å². The molecule has 0 aliphatic carbocycles. The third kappa shape index (κ3) is 1.98. The van der Waals surface area contributed by atoms with Gasteiger partial charge in [-0.15, -0.1) is 0 Å². The highest BCUT2D eigenvalue weighted by atomic mass is 16.2. The number of carbonyl (C=O) groups is 2. The lowest BCUT2D eigenvalue weighted by atomic mass is 10.1. The summed E-state index contributed by atoms with van der Waals surface area (Å²) < 4.78 is 0. The molecule has 100 valence electrons. The number of carbonyl (C=O) groups excluding carboxylic acids is 2. The molecule has 0 spiro atoms. The summed E-state index contributed by atoms with van der Waals surface area (Å²) in [6.07, 6.45) is 1.50. The van der Waals surface area contributed by atoms with Crippen molar-refractivity contribution in [3.05, 3.63) is 65.5 Å². The maximum atomic E-state index is 12.2. The molecule has 0 fully saturated rings. The van der Waals surface area contributed by atoms with Crippen molar-refractivity contribution in [2.45, 2.75) is 6.04 Å². The van der Waals surface area contributed by atoms with Crippen LogP contribution in [0.1, 0.15) is 32.5 Å². The normalized spacial score (nSPS) is 15.3. The lowest BCUT2D eigenvalue weighted by molar-refractivity contribution is 0.0643. The van der Waals surface area contributed by atoms with E-state index in [0.29, 0.717) is 5.56 Å². The van der Waals surface area contributed by atoms with Gasteiger partial charge in [-0.05, 0) is 17.7 Å². The summed E-state index contributed by atoms with van der Waals surface area (Å²) in [5, 5.41) is 0. The maximum Gasteiger partial charge on any atom is 0.280 e. The molecule has 0 bridgehead atoms. The van der Waals surface area contributed by atoms with Crippen LogP contribution in [0.2, 0.25) is 0 Å². The Labute approximate surface area is 116 Å². The first-order valence-electron chi connectivity index (χ1n) is 6.30. The minimum absolute atomic E-state index is 0.151. The van der Waals surface area contributed by atoms with E-state index in [2.05, 4.69) is 4.98 Å². The van der Waals surface area contributed by atoms with Gasteiger partial charge < -0.3 is 5.73 Å². The molecule has 5 heteroatoms. The molecule has 0 saturated heterocycles. The number of aromatic nitrogens is 1. The van der Waals surface area contributed by atoms with Crippen LogP contribution >= 0.6 is 0 Å². The summed E-state index contributed by atoms with van der Waals surface area (Å²) in [5.74, 6) is -0.707. The molecule has 1 aliphatic rings. The quantitative estimate of drug-likeness (QED) is 0.852. The molecule has 2 aromatic rings. The molecule has 2 heterocycles. The number of rotatable bonds is 3. The highest BCUT2D eigenvalue weighted by molar-refractivity contribution is 6.20. The van der Waals surface area contributed by atoms with Gasteiger partial charge in [-0.3, -0.25) is 19.5 Å². The molecule has 0 saturated carbocycles. The Morgan fingerprint density at radius 1 is 1.05 bits per heavy atom. The smallest absolute Gasteiger partial charge is 0.280 e. The highest BCUT2D eigenvalue weighted by Crippen LogP contribution is 2.22. The van der Waals surface area contributed by atoms with Gasteiger partial charge in [0.1, 0.15) is 5.69 Å².